The van der Waals surface area contributed by atoms with Gasteiger partial charge in [0, 0.05) is 38.0 Å². The van der Waals surface area contributed by atoms with E-state index in [9.17, 15) is 9.59 Å². The Morgan fingerprint density at radius 3 is 1.35 bits per heavy atom. The van der Waals surface area contributed by atoms with Gasteiger partial charge in [-0.1, -0.05) is 60.7 Å². The summed E-state index contributed by atoms with van der Waals surface area (Å²) in [5.41, 5.74) is 2.10. The molecule has 6 heteroatoms. The summed E-state index contributed by atoms with van der Waals surface area (Å²) < 4.78 is 0. The SMILES string of the molecule is N#CCCN(Cc1ccccc1)C(=O)C1CCC(C(=O)N(CCC#N)Cc2ccccc2)CC1. The number of rotatable bonds is 10. The molecule has 0 radical (unpaired) electrons. The van der Waals surface area contributed by atoms with Crippen LogP contribution in [0.4, 0.5) is 0 Å². The number of hydrogen-bond acceptors (Lipinski definition) is 4. The fourth-order valence-electron chi connectivity index (χ4n) is 4.62. The van der Waals surface area contributed by atoms with Crippen molar-refractivity contribution in [2.24, 2.45) is 11.8 Å². The molecule has 0 unspecified atom stereocenters. The molecule has 6 nitrogen and oxygen atoms in total. The number of carbonyl (C=O) groups is 2. The zero-order valence-electron chi connectivity index (χ0n) is 19.6. The quantitative estimate of drug-likeness (QED) is 0.519. The minimum absolute atomic E-state index is 0.0793. The van der Waals surface area contributed by atoms with Crippen LogP contribution in [0.1, 0.15) is 49.7 Å². The van der Waals surface area contributed by atoms with Gasteiger partial charge in [-0.25, -0.2) is 0 Å². The lowest BCUT2D eigenvalue weighted by Gasteiger charge is -2.34. The number of nitriles is 2. The maximum atomic E-state index is 13.3. The third kappa shape index (κ3) is 7.18. The Hall–Kier alpha value is -3.64. The maximum Gasteiger partial charge on any atom is 0.226 e. The van der Waals surface area contributed by atoms with Gasteiger partial charge in [-0.3, -0.25) is 9.59 Å². The summed E-state index contributed by atoms with van der Waals surface area (Å²) in [5.74, 6) is -0.0764. The van der Waals surface area contributed by atoms with Crippen molar-refractivity contribution in [2.45, 2.75) is 51.6 Å². The summed E-state index contributed by atoms with van der Waals surface area (Å²) in [6, 6.07) is 23.9. The fourth-order valence-corrected chi connectivity index (χ4v) is 4.62. The zero-order chi connectivity index (χ0) is 24.2. The molecular weight excluding hydrogens is 424 g/mol. The van der Waals surface area contributed by atoms with Crippen LogP contribution in [0.5, 0.6) is 0 Å². The second-order valence-electron chi connectivity index (χ2n) is 8.86. The van der Waals surface area contributed by atoms with Crippen LogP contribution in [0.3, 0.4) is 0 Å². The molecule has 3 rings (SSSR count). The lowest BCUT2D eigenvalue weighted by molar-refractivity contribution is -0.142. The largest absolute Gasteiger partial charge is 0.337 e. The summed E-state index contributed by atoms with van der Waals surface area (Å²) in [4.78, 5) is 30.2. The molecule has 0 heterocycles. The second kappa shape index (κ2) is 13.2. The minimum atomic E-state index is -0.117. The van der Waals surface area contributed by atoms with Gasteiger partial charge in [0.1, 0.15) is 0 Å². The highest BCUT2D eigenvalue weighted by molar-refractivity contribution is 5.81. The zero-order valence-corrected chi connectivity index (χ0v) is 19.6. The van der Waals surface area contributed by atoms with Crippen LogP contribution in [0, 0.1) is 34.5 Å². The number of nitrogens with zero attached hydrogens (tertiary/aromatic N) is 4. The summed E-state index contributed by atoms with van der Waals surface area (Å²) in [6.45, 7) is 1.84. The van der Waals surface area contributed by atoms with Gasteiger partial charge in [0.2, 0.25) is 11.8 Å². The molecule has 0 aromatic heterocycles. The average molecular weight is 457 g/mol. The molecule has 1 fully saturated rings. The highest BCUT2D eigenvalue weighted by atomic mass is 16.2. The predicted octanol–water partition coefficient (Wildman–Crippen LogP) is 4.68. The summed E-state index contributed by atoms with van der Waals surface area (Å²) in [5, 5.41) is 18.1. The van der Waals surface area contributed by atoms with E-state index in [0.717, 1.165) is 11.1 Å². The molecule has 1 saturated carbocycles. The number of benzene rings is 2. The van der Waals surface area contributed by atoms with Gasteiger partial charge in [0.15, 0.2) is 0 Å². The van der Waals surface area contributed by atoms with Crippen molar-refractivity contribution in [3.63, 3.8) is 0 Å². The van der Waals surface area contributed by atoms with Gasteiger partial charge in [0.25, 0.3) is 0 Å². The summed E-state index contributed by atoms with van der Waals surface area (Å²) in [7, 11) is 0. The van der Waals surface area contributed by atoms with Crippen molar-refractivity contribution < 1.29 is 9.59 Å². The Labute approximate surface area is 202 Å². The molecule has 0 saturated heterocycles. The fraction of sp³-hybridized carbons (Fsp3) is 0.429. The van der Waals surface area contributed by atoms with Gasteiger partial charge in [-0.15, -0.1) is 0 Å². The minimum Gasteiger partial charge on any atom is -0.337 e. The standard InChI is InChI=1S/C28H32N4O2/c29-17-7-19-31(21-23-9-3-1-4-10-23)27(33)25-13-15-26(16-14-25)28(34)32(20-8-18-30)22-24-11-5-2-6-12-24/h1-6,9-12,25-26H,7-8,13-16,19-22H2. The van der Waals surface area contributed by atoms with E-state index in [1.807, 2.05) is 60.7 Å². The Morgan fingerprint density at radius 1 is 0.676 bits per heavy atom. The van der Waals surface area contributed by atoms with Crippen LogP contribution in [-0.2, 0) is 22.7 Å². The van der Waals surface area contributed by atoms with Gasteiger partial charge in [-0.05, 0) is 36.8 Å². The third-order valence-electron chi connectivity index (χ3n) is 6.47. The lowest BCUT2D eigenvalue weighted by atomic mass is 9.80. The van der Waals surface area contributed by atoms with E-state index in [-0.39, 0.29) is 23.7 Å². The van der Waals surface area contributed by atoms with Crippen LogP contribution in [0.25, 0.3) is 0 Å². The average Bonchev–Trinajstić information content (AvgIpc) is 2.89. The van der Waals surface area contributed by atoms with E-state index in [1.165, 1.54) is 0 Å². The highest BCUT2D eigenvalue weighted by Crippen LogP contribution is 2.32. The van der Waals surface area contributed by atoms with Crippen LogP contribution in [0.15, 0.2) is 60.7 Å². The Balaban J connectivity index is 1.60. The first-order chi connectivity index (χ1) is 16.6. The highest BCUT2D eigenvalue weighted by Gasteiger charge is 2.34. The Morgan fingerprint density at radius 2 is 1.03 bits per heavy atom. The van der Waals surface area contributed by atoms with Crippen molar-refractivity contribution in [1.29, 1.82) is 10.5 Å². The maximum absolute atomic E-state index is 13.3. The van der Waals surface area contributed by atoms with Crippen molar-refractivity contribution >= 4 is 11.8 Å². The molecule has 0 atom stereocenters. The van der Waals surface area contributed by atoms with Gasteiger partial charge < -0.3 is 9.80 Å². The molecule has 0 aliphatic heterocycles. The first-order valence-corrected chi connectivity index (χ1v) is 12.0. The van der Waals surface area contributed by atoms with Crippen LogP contribution < -0.4 is 0 Å². The lowest BCUT2D eigenvalue weighted by Crippen LogP contribution is -2.41. The monoisotopic (exact) mass is 456 g/mol. The van der Waals surface area contributed by atoms with Crippen LogP contribution in [0.2, 0.25) is 0 Å². The Kier molecular flexibility index (Phi) is 9.67. The Bertz CT molecular complexity index is 919. The number of hydrogen-bond donors (Lipinski definition) is 0. The van der Waals surface area contributed by atoms with Gasteiger partial charge in [0.05, 0.1) is 25.0 Å². The van der Waals surface area contributed by atoms with Crippen molar-refractivity contribution in [2.75, 3.05) is 13.1 Å². The number of amides is 2. The summed E-state index contributed by atoms with van der Waals surface area (Å²) in [6.07, 6.45) is 3.30. The molecule has 2 aromatic carbocycles. The predicted molar refractivity (Wildman–Crippen MR) is 130 cm³/mol. The molecule has 0 bridgehead atoms. The molecule has 0 spiro atoms. The van der Waals surface area contributed by atoms with Crippen molar-refractivity contribution in [3.8, 4) is 12.1 Å². The van der Waals surface area contributed by atoms with Crippen molar-refractivity contribution in [1.82, 2.24) is 9.80 Å². The summed E-state index contributed by atoms with van der Waals surface area (Å²) >= 11 is 0. The molecule has 2 amide bonds. The second-order valence-corrected chi connectivity index (χ2v) is 8.86. The van der Waals surface area contributed by atoms with E-state index in [1.54, 1.807) is 9.80 Å². The molecule has 2 aromatic rings. The molecule has 0 N–H and O–H groups in total. The molecule has 34 heavy (non-hydrogen) atoms. The molecule has 176 valence electrons. The first kappa shape index (κ1) is 25.0. The molecular formula is C28H32N4O2. The van der Waals surface area contributed by atoms with Gasteiger partial charge >= 0.3 is 0 Å². The normalized spacial score (nSPS) is 17.2. The topological polar surface area (TPSA) is 88.2 Å². The van der Waals surface area contributed by atoms with Gasteiger partial charge in [-0.2, -0.15) is 10.5 Å². The van der Waals surface area contributed by atoms with E-state index < -0.39 is 0 Å². The van der Waals surface area contributed by atoms with Crippen LogP contribution >= 0.6 is 0 Å². The first-order valence-electron chi connectivity index (χ1n) is 12.0. The smallest absolute Gasteiger partial charge is 0.226 e. The third-order valence-corrected chi connectivity index (χ3v) is 6.47. The van der Waals surface area contributed by atoms with E-state index in [0.29, 0.717) is 64.7 Å². The van der Waals surface area contributed by atoms with Crippen LogP contribution in [-0.4, -0.2) is 34.7 Å². The molecule has 1 aliphatic rings. The molecule has 1 aliphatic carbocycles. The van der Waals surface area contributed by atoms with E-state index >= 15 is 0 Å². The van der Waals surface area contributed by atoms with Crippen molar-refractivity contribution in [3.05, 3.63) is 71.8 Å². The van der Waals surface area contributed by atoms with E-state index in [2.05, 4.69) is 12.1 Å². The van der Waals surface area contributed by atoms with E-state index in [4.69, 9.17) is 10.5 Å². The number of carbonyl (C=O) groups excluding carboxylic acids is 2.